The van der Waals surface area contributed by atoms with Crippen LogP contribution in [0.4, 0.5) is 0 Å². The van der Waals surface area contributed by atoms with E-state index in [9.17, 15) is 4.79 Å². The summed E-state index contributed by atoms with van der Waals surface area (Å²) in [6.45, 7) is 1.50. The summed E-state index contributed by atoms with van der Waals surface area (Å²) >= 11 is 7.51. The van der Waals surface area contributed by atoms with Crippen molar-refractivity contribution in [1.29, 1.82) is 0 Å². The van der Waals surface area contributed by atoms with E-state index < -0.39 is 12.1 Å². The second-order valence-corrected chi connectivity index (χ2v) is 5.10. The Morgan fingerprint density at radius 1 is 1.44 bits per heavy atom. The molecule has 1 aromatic carbocycles. The van der Waals surface area contributed by atoms with Crippen molar-refractivity contribution in [3.8, 4) is 16.2 Å². The third kappa shape index (κ3) is 2.83. The molecule has 5 heteroatoms. The minimum absolute atomic E-state index is 0.525. The van der Waals surface area contributed by atoms with Crippen LogP contribution in [0, 0.1) is 0 Å². The number of benzene rings is 1. The van der Waals surface area contributed by atoms with Crippen LogP contribution in [0.25, 0.3) is 10.4 Å². The molecule has 0 saturated carbocycles. The van der Waals surface area contributed by atoms with Crippen molar-refractivity contribution in [1.82, 2.24) is 0 Å². The van der Waals surface area contributed by atoms with Crippen molar-refractivity contribution in [2.24, 2.45) is 0 Å². The van der Waals surface area contributed by atoms with Gasteiger partial charge in [-0.05, 0) is 36.6 Å². The predicted octanol–water partition coefficient (Wildman–Crippen LogP) is 3.92. The van der Waals surface area contributed by atoms with Gasteiger partial charge in [-0.3, -0.25) is 0 Å². The van der Waals surface area contributed by atoms with Gasteiger partial charge in [-0.15, -0.1) is 11.3 Å². The molecule has 1 aromatic heterocycles. The van der Waals surface area contributed by atoms with Gasteiger partial charge in [0.05, 0.1) is 0 Å². The molecule has 1 heterocycles. The highest BCUT2D eigenvalue weighted by molar-refractivity contribution is 7.13. The molecule has 94 valence electrons. The van der Waals surface area contributed by atoms with Gasteiger partial charge in [-0.25, -0.2) is 4.79 Å². The summed E-state index contributed by atoms with van der Waals surface area (Å²) in [4.78, 5) is 11.8. The lowest BCUT2D eigenvalue weighted by molar-refractivity contribution is -0.144. The molecule has 0 bridgehead atoms. The second kappa shape index (κ2) is 5.42. The first-order valence-corrected chi connectivity index (χ1v) is 6.56. The van der Waals surface area contributed by atoms with Crippen molar-refractivity contribution in [3.05, 3.63) is 40.7 Å². The zero-order chi connectivity index (χ0) is 13.1. The molecule has 1 N–H and O–H groups in total. The molecule has 0 aliphatic heterocycles. The van der Waals surface area contributed by atoms with Gasteiger partial charge in [0.2, 0.25) is 0 Å². The van der Waals surface area contributed by atoms with E-state index in [-0.39, 0.29) is 0 Å². The van der Waals surface area contributed by atoms with Gasteiger partial charge in [-0.1, -0.05) is 17.7 Å². The maximum absolute atomic E-state index is 10.8. The summed E-state index contributed by atoms with van der Waals surface area (Å²) in [5, 5.41) is 11.4. The molecule has 0 spiro atoms. The monoisotopic (exact) mass is 282 g/mol. The molecule has 3 nitrogen and oxygen atoms in total. The number of carbonyl (C=O) groups is 1. The van der Waals surface area contributed by atoms with E-state index in [1.165, 1.54) is 6.92 Å². The van der Waals surface area contributed by atoms with Crippen LogP contribution in [0.1, 0.15) is 6.92 Å². The zero-order valence-electron chi connectivity index (χ0n) is 9.59. The molecule has 2 aromatic rings. The van der Waals surface area contributed by atoms with Crippen LogP contribution >= 0.6 is 22.9 Å². The number of hydrogen-bond acceptors (Lipinski definition) is 3. The molecule has 0 aliphatic rings. The first-order valence-electron chi connectivity index (χ1n) is 5.31. The number of carboxylic acids is 1. The van der Waals surface area contributed by atoms with Crippen molar-refractivity contribution in [2.75, 3.05) is 0 Å². The lowest BCUT2D eigenvalue weighted by Crippen LogP contribution is -2.23. The van der Waals surface area contributed by atoms with Gasteiger partial charge in [-0.2, -0.15) is 0 Å². The third-order valence-electron chi connectivity index (χ3n) is 2.38. The molecular weight excluding hydrogens is 272 g/mol. The standard InChI is InChI=1S/C13H11ClO3S/c1-8(13(15)16)17-11-5-4-9(14)7-10(11)12-3-2-6-18-12/h2-8H,1H3,(H,15,16). The molecule has 18 heavy (non-hydrogen) atoms. The van der Waals surface area contributed by atoms with Crippen molar-refractivity contribution >= 4 is 28.9 Å². The molecule has 1 atom stereocenters. The fourth-order valence-electron chi connectivity index (χ4n) is 1.47. The first-order chi connectivity index (χ1) is 8.58. The number of aliphatic carboxylic acids is 1. The number of hydrogen-bond donors (Lipinski definition) is 1. The molecule has 0 amide bonds. The fourth-order valence-corrected chi connectivity index (χ4v) is 2.39. The fraction of sp³-hybridized carbons (Fsp3) is 0.154. The SMILES string of the molecule is CC(Oc1ccc(Cl)cc1-c1cccs1)C(=O)O. The lowest BCUT2D eigenvalue weighted by atomic mass is 10.1. The van der Waals surface area contributed by atoms with Gasteiger partial charge in [0.25, 0.3) is 0 Å². The van der Waals surface area contributed by atoms with E-state index in [1.807, 2.05) is 17.5 Å². The minimum Gasteiger partial charge on any atom is -0.479 e. The summed E-state index contributed by atoms with van der Waals surface area (Å²) in [7, 11) is 0. The van der Waals surface area contributed by atoms with Crippen LogP contribution in [0.5, 0.6) is 5.75 Å². The van der Waals surface area contributed by atoms with Crippen molar-refractivity contribution in [2.45, 2.75) is 13.0 Å². The number of rotatable bonds is 4. The maximum atomic E-state index is 10.8. The van der Waals surface area contributed by atoms with Crippen LogP contribution in [0.15, 0.2) is 35.7 Å². The summed E-state index contributed by atoms with van der Waals surface area (Å²) in [6, 6.07) is 9.01. The van der Waals surface area contributed by atoms with E-state index in [4.69, 9.17) is 21.4 Å². The third-order valence-corrected chi connectivity index (χ3v) is 3.52. The number of carboxylic acid groups (broad SMARTS) is 1. The Morgan fingerprint density at radius 3 is 2.83 bits per heavy atom. The summed E-state index contributed by atoms with van der Waals surface area (Å²) in [6.07, 6.45) is -0.898. The van der Waals surface area contributed by atoms with Gasteiger partial charge in [0.1, 0.15) is 5.75 Å². The van der Waals surface area contributed by atoms with E-state index >= 15 is 0 Å². The summed E-state index contributed by atoms with van der Waals surface area (Å²) in [5.74, 6) is -0.473. The molecular formula is C13H11ClO3S. The Labute approximate surface area is 114 Å². The minimum atomic E-state index is -0.998. The molecule has 0 aliphatic carbocycles. The Kier molecular flexibility index (Phi) is 3.89. The summed E-state index contributed by atoms with van der Waals surface area (Å²) < 4.78 is 5.43. The second-order valence-electron chi connectivity index (χ2n) is 3.72. The number of halogens is 1. The highest BCUT2D eigenvalue weighted by Crippen LogP contribution is 2.35. The molecule has 0 saturated heterocycles. The smallest absolute Gasteiger partial charge is 0.344 e. The van der Waals surface area contributed by atoms with Crippen LogP contribution in [-0.2, 0) is 4.79 Å². The van der Waals surface area contributed by atoms with Crippen LogP contribution in [-0.4, -0.2) is 17.2 Å². The molecule has 1 unspecified atom stereocenters. The molecule has 0 fully saturated rings. The Hall–Kier alpha value is -1.52. The normalized spacial score (nSPS) is 12.1. The van der Waals surface area contributed by atoms with Crippen LogP contribution < -0.4 is 4.74 Å². The number of thiophene rings is 1. The molecule has 2 rings (SSSR count). The van der Waals surface area contributed by atoms with Crippen molar-refractivity contribution in [3.63, 3.8) is 0 Å². The average molecular weight is 283 g/mol. The Morgan fingerprint density at radius 2 is 2.22 bits per heavy atom. The predicted molar refractivity (Wildman–Crippen MR) is 72.5 cm³/mol. The van der Waals surface area contributed by atoms with Crippen LogP contribution in [0.3, 0.4) is 0 Å². The average Bonchev–Trinajstić information content (AvgIpc) is 2.84. The Bertz CT molecular complexity index is 551. The van der Waals surface area contributed by atoms with Crippen molar-refractivity contribution < 1.29 is 14.6 Å². The van der Waals surface area contributed by atoms with Crippen LogP contribution in [0.2, 0.25) is 5.02 Å². The Balaban J connectivity index is 2.38. The maximum Gasteiger partial charge on any atom is 0.344 e. The number of ether oxygens (including phenoxy) is 1. The van der Waals surface area contributed by atoms with E-state index in [0.717, 1.165) is 10.4 Å². The largest absolute Gasteiger partial charge is 0.479 e. The van der Waals surface area contributed by atoms with Gasteiger partial charge < -0.3 is 9.84 Å². The van der Waals surface area contributed by atoms with E-state index in [1.54, 1.807) is 29.5 Å². The van der Waals surface area contributed by atoms with E-state index in [2.05, 4.69) is 0 Å². The molecule has 0 radical (unpaired) electrons. The lowest BCUT2D eigenvalue weighted by Gasteiger charge is -2.14. The zero-order valence-corrected chi connectivity index (χ0v) is 11.2. The van der Waals surface area contributed by atoms with Gasteiger partial charge in [0.15, 0.2) is 6.10 Å². The highest BCUT2D eigenvalue weighted by Gasteiger charge is 2.16. The summed E-state index contributed by atoms with van der Waals surface area (Å²) in [5.41, 5.74) is 0.811. The van der Waals surface area contributed by atoms with E-state index in [0.29, 0.717) is 10.8 Å². The van der Waals surface area contributed by atoms with Gasteiger partial charge in [0, 0.05) is 15.5 Å². The first kappa shape index (κ1) is 12.9. The topological polar surface area (TPSA) is 46.5 Å². The highest BCUT2D eigenvalue weighted by atomic mass is 35.5. The van der Waals surface area contributed by atoms with Gasteiger partial charge >= 0.3 is 5.97 Å². The quantitative estimate of drug-likeness (QED) is 0.924.